The first-order valence-corrected chi connectivity index (χ1v) is 9.17. The first-order chi connectivity index (χ1) is 11.8. The highest BCUT2D eigenvalue weighted by Gasteiger charge is 2.24. The van der Waals surface area contributed by atoms with Crippen LogP contribution >= 0.6 is 11.6 Å². The topological polar surface area (TPSA) is 72.9 Å². The number of carbonyl (C=O) groups is 1. The predicted octanol–water partition coefficient (Wildman–Crippen LogP) is 3.44. The van der Waals surface area contributed by atoms with E-state index in [-0.39, 0.29) is 15.5 Å². The molecule has 134 valence electrons. The molecular weight excluding hydrogens is 366 g/mol. The van der Waals surface area contributed by atoms with Crippen LogP contribution in [0.25, 0.3) is 0 Å². The number of sulfonamides is 1. The van der Waals surface area contributed by atoms with E-state index in [1.54, 1.807) is 6.92 Å². The maximum atomic E-state index is 12.4. The molecule has 0 spiro atoms. The van der Waals surface area contributed by atoms with Crippen molar-refractivity contribution in [2.45, 2.75) is 17.9 Å². The second-order valence-electron chi connectivity index (χ2n) is 5.20. The molecule has 0 saturated carbocycles. The third kappa shape index (κ3) is 4.38. The minimum absolute atomic E-state index is 0.0324. The highest BCUT2D eigenvalue weighted by Crippen LogP contribution is 2.25. The van der Waals surface area contributed by atoms with Crippen molar-refractivity contribution < 1.29 is 22.8 Å². The zero-order chi connectivity index (χ0) is 18.6. The summed E-state index contributed by atoms with van der Waals surface area (Å²) in [6, 6.07) is 13.0. The lowest BCUT2D eigenvalue weighted by atomic mass is 10.1. The van der Waals surface area contributed by atoms with E-state index in [0.717, 1.165) is 5.56 Å². The number of hydrogen-bond donors (Lipinski definition) is 0. The monoisotopic (exact) mass is 383 g/mol. The number of halogens is 1. The number of esters is 1. The number of hydroxylamine groups is 1. The van der Waals surface area contributed by atoms with Gasteiger partial charge in [-0.3, -0.25) is 4.84 Å². The van der Waals surface area contributed by atoms with E-state index >= 15 is 0 Å². The normalized spacial score (nSPS) is 12.8. The van der Waals surface area contributed by atoms with Gasteiger partial charge in [0, 0.05) is 7.05 Å². The zero-order valence-electron chi connectivity index (χ0n) is 14.0. The van der Waals surface area contributed by atoms with Gasteiger partial charge >= 0.3 is 5.97 Å². The number of rotatable bonds is 6. The first kappa shape index (κ1) is 19.4. The minimum atomic E-state index is -3.90. The summed E-state index contributed by atoms with van der Waals surface area (Å²) in [5, 5.41) is 0.101. The van der Waals surface area contributed by atoms with Gasteiger partial charge < -0.3 is 4.74 Å². The van der Waals surface area contributed by atoms with E-state index in [1.165, 1.54) is 32.4 Å². The average Bonchev–Trinajstić information content (AvgIpc) is 2.61. The van der Waals surface area contributed by atoms with E-state index in [4.69, 9.17) is 21.2 Å². The van der Waals surface area contributed by atoms with Crippen LogP contribution in [-0.4, -0.2) is 33.0 Å². The van der Waals surface area contributed by atoms with Crippen LogP contribution in [0.15, 0.2) is 53.4 Å². The van der Waals surface area contributed by atoms with E-state index in [2.05, 4.69) is 0 Å². The lowest BCUT2D eigenvalue weighted by Gasteiger charge is -2.16. The molecule has 0 unspecified atom stereocenters. The fraction of sp³-hybridized carbons (Fsp3) is 0.235. The SMILES string of the molecule is CON(C)S(=O)(=O)c1ccc(Cl)c(C(=O)O[C@@H](C)c2ccccc2)c1. The van der Waals surface area contributed by atoms with Gasteiger partial charge in [0.1, 0.15) is 6.10 Å². The summed E-state index contributed by atoms with van der Waals surface area (Å²) < 4.78 is 30.7. The zero-order valence-corrected chi connectivity index (χ0v) is 15.5. The van der Waals surface area contributed by atoms with Crippen molar-refractivity contribution in [3.05, 3.63) is 64.7 Å². The van der Waals surface area contributed by atoms with Gasteiger partial charge in [-0.1, -0.05) is 46.4 Å². The van der Waals surface area contributed by atoms with Crippen LogP contribution in [0, 0.1) is 0 Å². The summed E-state index contributed by atoms with van der Waals surface area (Å²) in [4.78, 5) is 17.0. The molecule has 0 bridgehead atoms. The van der Waals surface area contributed by atoms with E-state index in [0.29, 0.717) is 4.47 Å². The molecule has 0 fully saturated rings. The van der Waals surface area contributed by atoms with Crippen LogP contribution in [0.2, 0.25) is 5.02 Å². The largest absolute Gasteiger partial charge is 0.454 e. The molecule has 6 nitrogen and oxygen atoms in total. The van der Waals surface area contributed by atoms with Crippen LogP contribution in [-0.2, 0) is 19.6 Å². The molecule has 0 N–H and O–H groups in total. The summed E-state index contributed by atoms with van der Waals surface area (Å²) in [5.41, 5.74) is 0.782. The van der Waals surface area contributed by atoms with E-state index in [9.17, 15) is 13.2 Å². The van der Waals surface area contributed by atoms with Crippen molar-refractivity contribution >= 4 is 27.6 Å². The molecule has 0 saturated heterocycles. The molecule has 0 aliphatic heterocycles. The van der Waals surface area contributed by atoms with Gasteiger partial charge in [0.15, 0.2) is 0 Å². The molecule has 2 aromatic rings. The molecule has 2 rings (SSSR count). The van der Waals surface area contributed by atoms with Gasteiger partial charge in [-0.25, -0.2) is 13.2 Å². The molecular formula is C17H18ClNO5S. The van der Waals surface area contributed by atoms with Crippen molar-refractivity contribution in [1.29, 1.82) is 0 Å². The molecule has 0 radical (unpaired) electrons. The van der Waals surface area contributed by atoms with Gasteiger partial charge in [-0.2, -0.15) is 0 Å². The Bertz CT molecular complexity index is 855. The fourth-order valence-electron chi connectivity index (χ4n) is 2.08. The van der Waals surface area contributed by atoms with Crippen LogP contribution < -0.4 is 0 Å². The maximum absolute atomic E-state index is 12.4. The standard InChI is InChI=1S/C17H18ClNO5S/c1-12(13-7-5-4-6-8-13)24-17(20)15-11-14(9-10-16(15)18)25(21,22)19(2)23-3/h4-12H,1-3H3/t12-/m0/s1. The average molecular weight is 384 g/mol. The molecule has 0 aliphatic carbocycles. The van der Waals surface area contributed by atoms with Crippen LogP contribution in [0.1, 0.15) is 28.9 Å². The lowest BCUT2D eigenvalue weighted by Crippen LogP contribution is -2.26. The molecule has 25 heavy (non-hydrogen) atoms. The summed E-state index contributed by atoms with van der Waals surface area (Å²) in [7, 11) is -1.42. The summed E-state index contributed by atoms with van der Waals surface area (Å²) in [5.74, 6) is -0.710. The van der Waals surface area contributed by atoms with Crippen molar-refractivity contribution in [1.82, 2.24) is 4.47 Å². The summed E-state index contributed by atoms with van der Waals surface area (Å²) in [6.07, 6.45) is -0.508. The fourth-order valence-corrected chi connectivity index (χ4v) is 3.28. The highest BCUT2D eigenvalue weighted by molar-refractivity contribution is 7.89. The van der Waals surface area contributed by atoms with Gasteiger partial charge in [0.2, 0.25) is 0 Å². The number of ether oxygens (including phenoxy) is 1. The van der Waals surface area contributed by atoms with Crippen LogP contribution in [0.5, 0.6) is 0 Å². The van der Waals surface area contributed by atoms with Crippen molar-refractivity contribution in [3.63, 3.8) is 0 Å². The Labute approximate surface area is 151 Å². The highest BCUT2D eigenvalue weighted by atomic mass is 35.5. The number of benzene rings is 2. The predicted molar refractivity (Wildman–Crippen MR) is 93.7 cm³/mol. The Morgan fingerprint density at radius 2 is 1.80 bits per heavy atom. The lowest BCUT2D eigenvalue weighted by molar-refractivity contribution is -0.0258. The Morgan fingerprint density at radius 1 is 1.16 bits per heavy atom. The smallest absolute Gasteiger partial charge is 0.340 e. The Hall–Kier alpha value is -1.93. The van der Waals surface area contributed by atoms with Crippen LogP contribution in [0.3, 0.4) is 0 Å². The third-order valence-corrected chi connectivity index (χ3v) is 5.61. The molecule has 8 heteroatoms. The summed E-state index contributed by atoms with van der Waals surface area (Å²) in [6.45, 7) is 1.72. The maximum Gasteiger partial charge on any atom is 0.340 e. The molecule has 2 aromatic carbocycles. The van der Waals surface area contributed by atoms with Gasteiger partial charge in [0.25, 0.3) is 10.0 Å². The second kappa shape index (κ2) is 7.97. The third-order valence-electron chi connectivity index (χ3n) is 3.60. The van der Waals surface area contributed by atoms with Crippen molar-refractivity contribution in [2.75, 3.05) is 14.2 Å². The minimum Gasteiger partial charge on any atom is -0.454 e. The van der Waals surface area contributed by atoms with E-state index < -0.39 is 22.1 Å². The quantitative estimate of drug-likeness (QED) is 0.564. The Kier molecular flexibility index (Phi) is 6.18. The summed E-state index contributed by atoms with van der Waals surface area (Å²) >= 11 is 6.04. The van der Waals surface area contributed by atoms with E-state index in [1.807, 2.05) is 30.3 Å². The molecule has 0 amide bonds. The number of carbonyl (C=O) groups excluding carboxylic acids is 1. The van der Waals surface area contributed by atoms with Crippen LogP contribution in [0.4, 0.5) is 0 Å². The molecule has 0 aromatic heterocycles. The molecule has 0 aliphatic rings. The van der Waals surface area contributed by atoms with Crippen molar-refractivity contribution in [2.24, 2.45) is 0 Å². The van der Waals surface area contributed by atoms with Gasteiger partial charge in [-0.05, 0) is 30.7 Å². The number of nitrogens with zero attached hydrogens (tertiary/aromatic N) is 1. The van der Waals surface area contributed by atoms with Gasteiger partial charge in [-0.15, -0.1) is 0 Å². The molecule has 1 atom stereocenters. The first-order valence-electron chi connectivity index (χ1n) is 7.36. The second-order valence-corrected chi connectivity index (χ2v) is 7.54. The van der Waals surface area contributed by atoms with Crippen molar-refractivity contribution in [3.8, 4) is 0 Å². The number of hydrogen-bond acceptors (Lipinski definition) is 5. The van der Waals surface area contributed by atoms with Gasteiger partial charge in [0.05, 0.1) is 22.6 Å². The Balaban J connectivity index is 2.30. The Morgan fingerprint density at radius 3 is 2.40 bits per heavy atom. The molecule has 0 heterocycles.